The van der Waals surface area contributed by atoms with Gasteiger partial charge in [0.15, 0.2) is 0 Å². The van der Waals surface area contributed by atoms with Crippen LogP contribution in [0.3, 0.4) is 0 Å². The summed E-state index contributed by atoms with van der Waals surface area (Å²) in [6.45, 7) is 0.772. The molecule has 0 radical (unpaired) electrons. The van der Waals surface area contributed by atoms with Crippen molar-refractivity contribution in [1.29, 1.82) is 0 Å². The second-order valence-corrected chi connectivity index (χ2v) is 2.93. The smallest absolute Gasteiger partial charge is 0.241 e. The van der Waals surface area contributed by atoms with Crippen LogP contribution < -0.4 is 5.32 Å². The molecule has 6 heteroatoms. The number of carbonyl (C=O) groups excluding carboxylic acids is 1. The van der Waals surface area contributed by atoms with Gasteiger partial charge in [0.25, 0.3) is 0 Å². The lowest BCUT2D eigenvalue weighted by Crippen LogP contribution is -2.25. The van der Waals surface area contributed by atoms with Crippen molar-refractivity contribution >= 4 is 18.6 Å². The highest BCUT2D eigenvalue weighted by atomic mass is 16.3. The van der Waals surface area contributed by atoms with Crippen molar-refractivity contribution in [2.24, 2.45) is 9.98 Å². The standard InChI is InChI=1S/C8H14N4O2/c1-9-8(14)2-10-5-12-3-7(4-13)11-6-12/h5-7,13H,2-4H2,1H3,(H,9,14)/t7-/m1/s1. The maximum atomic E-state index is 10.8. The van der Waals surface area contributed by atoms with Gasteiger partial charge in [-0.25, -0.2) is 0 Å². The number of nitrogens with zero attached hydrogens (tertiary/aromatic N) is 3. The van der Waals surface area contributed by atoms with E-state index >= 15 is 0 Å². The number of nitrogens with one attached hydrogen (secondary N) is 1. The summed E-state index contributed by atoms with van der Waals surface area (Å²) in [7, 11) is 1.57. The van der Waals surface area contributed by atoms with E-state index in [1.54, 1.807) is 24.6 Å². The van der Waals surface area contributed by atoms with Gasteiger partial charge in [-0.1, -0.05) is 0 Å². The lowest BCUT2D eigenvalue weighted by atomic mass is 10.3. The van der Waals surface area contributed by atoms with E-state index in [2.05, 4.69) is 15.3 Å². The van der Waals surface area contributed by atoms with Crippen LogP contribution in [0.25, 0.3) is 0 Å². The number of aliphatic hydroxyl groups excluding tert-OH is 1. The Balaban J connectivity index is 2.26. The van der Waals surface area contributed by atoms with Gasteiger partial charge < -0.3 is 15.3 Å². The van der Waals surface area contributed by atoms with E-state index in [4.69, 9.17) is 5.11 Å². The van der Waals surface area contributed by atoms with Crippen molar-refractivity contribution in [2.75, 3.05) is 26.7 Å². The zero-order valence-electron chi connectivity index (χ0n) is 8.05. The molecule has 0 saturated carbocycles. The molecular weight excluding hydrogens is 184 g/mol. The highest BCUT2D eigenvalue weighted by Gasteiger charge is 2.14. The molecule has 0 aromatic rings. The van der Waals surface area contributed by atoms with Crippen LogP contribution in [0.4, 0.5) is 0 Å². The van der Waals surface area contributed by atoms with E-state index in [1.165, 1.54) is 0 Å². The molecule has 0 fully saturated rings. The van der Waals surface area contributed by atoms with Crippen LogP contribution in [0, 0.1) is 0 Å². The van der Waals surface area contributed by atoms with E-state index in [0.29, 0.717) is 6.54 Å². The summed E-state index contributed by atoms with van der Waals surface area (Å²) in [5.74, 6) is -0.129. The zero-order valence-corrected chi connectivity index (χ0v) is 8.05. The normalized spacial score (nSPS) is 20.7. The molecule has 78 valence electrons. The molecule has 0 saturated heterocycles. The molecule has 0 spiro atoms. The van der Waals surface area contributed by atoms with E-state index in [1.807, 2.05) is 0 Å². The van der Waals surface area contributed by atoms with E-state index < -0.39 is 0 Å². The Hall–Kier alpha value is -1.43. The lowest BCUT2D eigenvalue weighted by molar-refractivity contribution is -0.119. The fraction of sp³-hybridized carbons (Fsp3) is 0.625. The number of rotatable bonds is 4. The quantitative estimate of drug-likeness (QED) is 0.425. The number of carbonyl (C=O) groups is 1. The first-order chi connectivity index (χ1) is 6.76. The summed E-state index contributed by atoms with van der Waals surface area (Å²) in [5, 5.41) is 11.3. The van der Waals surface area contributed by atoms with Crippen LogP contribution in [-0.2, 0) is 4.79 Å². The molecule has 1 atom stereocenters. The fourth-order valence-electron chi connectivity index (χ4n) is 1.01. The number of likely N-dealkylation sites (N-methyl/N-ethyl adjacent to an activating group) is 1. The predicted molar refractivity (Wildman–Crippen MR) is 53.5 cm³/mol. The Morgan fingerprint density at radius 1 is 1.93 bits per heavy atom. The number of amides is 1. The molecule has 1 rings (SSSR count). The highest BCUT2D eigenvalue weighted by Crippen LogP contribution is 1.99. The van der Waals surface area contributed by atoms with Gasteiger partial charge in [-0.3, -0.25) is 14.8 Å². The Bertz CT molecular complexity index is 252. The third-order valence-corrected chi connectivity index (χ3v) is 1.80. The molecule has 0 aromatic carbocycles. The predicted octanol–water partition coefficient (Wildman–Crippen LogP) is -1.53. The first-order valence-corrected chi connectivity index (χ1v) is 4.36. The Kier molecular flexibility index (Phi) is 4.06. The van der Waals surface area contributed by atoms with Crippen molar-refractivity contribution < 1.29 is 9.90 Å². The van der Waals surface area contributed by atoms with Crippen LogP contribution in [-0.4, -0.2) is 61.4 Å². The van der Waals surface area contributed by atoms with Gasteiger partial charge in [-0.15, -0.1) is 0 Å². The van der Waals surface area contributed by atoms with Crippen molar-refractivity contribution in [3.63, 3.8) is 0 Å². The molecule has 1 heterocycles. The number of aliphatic imine (C=N–C) groups is 2. The lowest BCUT2D eigenvalue weighted by Gasteiger charge is -2.07. The second-order valence-electron chi connectivity index (χ2n) is 2.93. The Morgan fingerprint density at radius 3 is 3.29 bits per heavy atom. The van der Waals surface area contributed by atoms with Gasteiger partial charge in [0.2, 0.25) is 5.91 Å². The van der Waals surface area contributed by atoms with Crippen molar-refractivity contribution in [3.05, 3.63) is 0 Å². The molecule has 1 amide bonds. The van der Waals surface area contributed by atoms with Crippen LogP contribution in [0.1, 0.15) is 0 Å². The Labute approximate surface area is 82.3 Å². The molecule has 6 nitrogen and oxygen atoms in total. The third-order valence-electron chi connectivity index (χ3n) is 1.80. The summed E-state index contributed by atoms with van der Waals surface area (Å²) >= 11 is 0. The average Bonchev–Trinajstić information content (AvgIpc) is 2.65. The maximum absolute atomic E-state index is 10.8. The molecule has 2 N–H and O–H groups in total. The van der Waals surface area contributed by atoms with Gasteiger partial charge in [0, 0.05) is 13.6 Å². The van der Waals surface area contributed by atoms with Crippen LogP contribution in [0.2, 0.25) is 0 Å². The third kappa shape index (κ3) is 3.14. The minimum Gasteiger partial charge on any atom is -0.394 e. The van der Waals surface area contributed by atoms with E-state index in [-0.39, 0.29) is 25.1 Å². The summed E-state index contributed by atoms with van der Waals surface area (Å²) < 4.78 is 0. The molecule has 14 heavy (non-hydrogen) atoms. The SMILES string of the molecule is CNC(=O)CN=CN1C=N[C@@H](CO)C1. The average molecular weight is 198 g/mol. The molecule has 0 aliphatic carbocycles. The highest BCUT2D eigenvalue weighted by molar-refractivity contribution is 5.81. The van der Waals surface area contributed by atoms with Crippen LogP contribution in [0.5, 0.6) is 0 Å². The fourth-order valence-corrected chi connectivity index (χ4v) is 1.01. The molecular formula is C8H14N4O2. The van der Waals surface area contributed by atoms with Crippen molar-refractivity contribution in [2.45, 2.75) is 6.04 Å². The molecule has 1 aliphatic rings. The van der Waals surface area contributed by atoms with Crippen molar-refractivity contribution in [1.82, 2.24) is 10.2 Å². The molecule has 0 aromatic heterocycles. The molecule has 1 aliphatic heterocycles. The van der Waals surface area contributed by atoms with Crippen molar-refractivity contribution in [3.8, 4) is 0 Å². The number of hydrogen-bond donors (Lipinski definition) is 2. The second kappa shape index (κ2) is 5.33. The number of aliphatic hydroxyl groups is 1. The minimum absolute atomic E-state index is 0.0380. The zero-order chi connectivity index (χ0) is 10.4. The molecule has 0 bridgehead atoms. The van der Waals surface area contributed by atoms with E-state index in [0.717, 1.165) is 0 Å². The summed E-state index contributed by atoms with van der Waals surface area (Å²) in [6, 6.07) is -0.0681. The maximum Gasteiger partial charge on any atom is 0.241 e. The monoisotopic (exact) mass is 198 g/mol. The number of hydrogen-bond acceptors (Lipinski definition) is 4. The largest absolute Gasteiger partial charge is 0.394 e. The first kappa shape index (κ1) is 10.6. The first-order valence-electron chi connectivity index (χ1n) is 4.36. The Morgan fingerprint density at radius 2 is 2.71 bits per heavy atom. The topological polar surface area (TPSA) is 77.3 Å². The summed E-state index contributed by atoms with van der Waals surface area (Å²) in [4.78, 5) is 20.5. The van der Waals surface area contributed by atoms with Crippen LogP contribution >= 0.6 is 0 Å². The summed E-state index contributed by atoms with van der Waals surface area (Å²) in [5.41, 5.74) is 0. The molecule has 0 unspecified atom stereocenters. The van der Waals surface area contributed by atoms with Gasteiger partial charge in [0.1, 0.15) is 6.54 Å². The van der Waals surface area contributed by atoms with Gasteiger partial charge in [-0.05, 0) is 0 Å². The van der Waals surface area contributed by atoms with Crippen LogP contribution in [0.15, 0.2) is 9.98 Å². The van der Waals surface area contributed by atoms with Gasteiger partial charge >= 0.3 is 0 Å². The minimum atomic E-state index is -0.129. The van der Waals surface area contributed by atoms with E-state index in [9.17, 15) is 4.79 Å². The summed E-state index contributed by atoms with van der Waals surface area (Å²) in [6.07, 6.45) is 3.16. The van der Waals surface area contributed by atoms with Gasteiger partial charge in [-0.2, -0.15) is 0 Å². The van der Waals surface area contributed by atoms with Gasteiger partial charge in [0.05, 0.1) is 25.3 Å².